The molecule has 0 saturated heterocycles. The third kappa shape index (κ3) is 4.31. The van der Waals surface area contributed by atoms with E-state index >= 15 is 0 Å². The Kier molecular flexibility index (Phi) is 6.14. The van der Waals surface area contributed by atoms with Crippen LogP contribution in [0.25, 0.3) is 16.6 Å². The number of hydrogen-bond donors (Lipinski definition) is 2. The van der Waals surface area contributed by atoms with Gasteiger partial charge in [-0.05, 0) is 66.8 Å². The molecule has 168 valence electrons. The summed E-state index contributed by atoms with van der Waals surface area (Å²) >= 11 is 5.47. The van der Waals surface area contributed by atoms with Gasteiger partial charge in [0.2, 0.25) is 0 Å². The highest BCUT2D eigenvalue weighted by Gasteiger charge is 2.15. The van der Waals surface area contributed by atoms with Gasteiger partial charge in [-0.3, -0.25) is 9.59 Å². The van der Waals surface area contributed by atoms with E-state index < -0.39 is 0 Å². The molecule has 3 aromatic carbocycles. The van der Waals surface area contributed by atoms with Crippen molar-refractivity contribution in [1.29, 1.82) is 0 Å². The molecule has 0 aliphatic heterocycles. The van der Waals surface area contributed by atoms with E-state index in [1.165, 1.54) is 18.8 Å². The van der Waals surface area contributed by atoms with Crippen molar-refractivity contribution in [3.8, 4) is 22.9 Å². The standard InChI is InChI=1S/C24H21N3O5S/c1-30-16-7-5-15(6-8-16)25-22(28)14-4-10-18-19(12-14)26-24(33)27(23(18)29)20-13-17(31-2)9-11-21(20)32-3/h4-13H,1-3H3,(H,25,28)(H,26,33). The highest BCUT2D eigenvalue weighted by molar-refractivity contribution is 7.71. The molecule has 0 fully saturated rings. The largest absolute Gasteiger partial charge is 0.497 e. The van der Waals surface area contributed by atoms with Gasteiger partial charge in [-0.15, -0.1) is 0 Å². The van der Waals surface area contributed by atoms with Gasteiger partial charge < -0.3 is 24.5 Å². The number of amides is 1. The minimum atomic E-state index is -0.345. The minimum absolute atomic E-state index is 0.159. The van der Waals surface area contributed by atoms with E-state index in [2.05, 4.69) is 10.3 Å². The lowest BCUT2D eigenvalue weighted by atomic mass is 10.1. The highest BCUT2D eigenvalue weighted by Crippen LogP contribution is 2.27. The Hall–Kier alpha value is -4.11. The Balaban J connectivity index is 1.74. The molecule has 0 aliphatic rings. The van der Waals surface area contributed by atoms with E-state index in [4.69, 9.17) is 26.4 Å². The summed E-state index contributed by atoms with van der Waals surface area (Å²) in [6.07, 6.45) is 0. The molecular formula is C24H21N3O5S. The van der Waals surface area contributed by atoms with Crippen molar-refractivity contribution in [3.05, 3.63) is 81.4 Å². The second kappa shape index (κ2) is 9.17. The average Bonchev–Trinajstić information content (AvgIpc) is 2.84. The van der Waals surface area contributed by atoms with Crippen molar-refractivity contribution in [3.63, 3.8) is 0 Å². The van der Waals surface area contributed by atoms with E-state index in [1.54, 1.807) is 67.8 Å². The number of ether oxygens (including phenoxy) is 3. The molecule has 8 nitrogen and oxygen atoms in total. The van der Waals surface area contributed by atoms with Crippen LogP contribution in [0.2, 0.25) is 0 Å². The molecule has 4 rings (SSSR count). The van der Waals surface area contributed by atoms with Gasteiger partial charge in [0.25, 0.3) is 11.5 Å². The van der Waals surface area contributed by atoms with Gasteiger partial charge in [0, 0.05) is 17.3 Å². The number of methoxy groups -OCH3 is 3. The van der Waals surface area contributed by atoms with Gasteiger partial charge in [-0.25, -0.2) is 4.57 Å². The topological polar surface area (TPSA) is 94.6 Å². The summed E-state index contributed by atoms with van der Waals surface area (Å²) in [7, 11) is 4.62. The van der Waals surface area contributed by atoms with Crippen LogP contribution in [0.5, 0.6) is 17.2 Å². The van der Waals surface area contributed by atoms with Gasteiger partial charge in [0.05, 0.1) is 37.9 Å². The summed E-state index contributed by atoms with van der Waals surface area (Å²) in [4.78, 5) is 29.1. The van der Waals surface area contributed by atoms with E-state index in [0.717, 1.165) is 0 Å². The van der Waals surface area contributed by atoms with Crippen LogP contribution in [-0.4, -0.2) is 36.8 Å². The number of nitrogens with one attached hydrogen (secondary N) is 2. The van der Waals surface area contributed by atoms with Crippen LogP contribution in [0.4, 0.5) is 5.69 Å². The number of aromatic nitrogens is 2. The minimum Gasteiger partial charge on any atom is -0.497 e. The normalized spacial score (nSPS) is 10.6. The second-order valence-corrected chi connectivity index (χ2v) is 7.44. The maximum Gasteiger partial charge on any atom is 0.266 e. The van der Waals surface area contributed by atoms with Gasteiger partial charge in [0.15, 0.2) is 4.77 Å². The number of fused-ring (bicyclic) bond motifs is 1. The first-order valence-electron chi connectivity index (χ1n) is 9.92. The molecule has 0 unspecified atom stereocenters. The smallest absolute Gasteiger partial charge is 0.266 e. The fraction of sp³-hybridized carbons (Fsp3) is 0.125. The van der Waals surface area contributed by atoms with Crippen LogP contribution >= 0.6 is 12.2 Å². The number of H-pyrrole nitrogens is 1. The van der Waals surface area contributed by atoms with Crippen molar-refractivity contribution in [1.82, 2.24) is 9.55 Å². The van der Waals surface area contributed by atoms with E-state index in [-0.39, 0.29) is 16.2 Å². The number of carbonyl (C=O) groups is 1. The predicted octanol–water partition coefficient (Wildman–Crippen LogP) is 4.33. The second-order valence-electron chi connectivity index (χ2n) is 7.05. The molecule has 4 aromatic rings. The summed E-state index contributed by atoms with van der Waals surface area (Å²) in [6, 6.07) is 16.9. The molecule has 1 heterocycles. The van der Waals surface area contributed by atoms with Crippen LogP contribution in [0.3, 0.4) is 0 Å². The number of hydrogen-bond acceptors (Lipinski definition) is 6. The molecule has 9 heteroatoms. The molecule has 0 atom stereocenters. The Morgan fingerprint density at radius 1 is 0.909 bits per heavy atom. The highest BCUT2D eigenvalue weighted by atomic mass is 32.1. The average molecular weight is 464 g/mol. The number of benzene rings is 3. The molecule has 0 spiro atoms. The summed E-state index contributed by atoms with van der Waals surface area (Å²) in [5.74, 6) is 1.39. The van der Waals surface area contributed by atoms with Crippen LogP contribution in [-0.2, 0) is 0 Å². The van der Waals surface area contributed by atoms with Gasteiger partial charge >= 0.3 is 0 Å². The maximum atomic E-state index is 13.3. The molecule has 0 radical (unpaired) electrons. The van der Waals surface area contributed by atoms with E-state index in [1.807, 2.05) is 0 Å². The molecular weight excluding hydrogens is 442 g/mol. The van der Waals surface area contributed by atoms with Gasteiger partial charge in [0.1, 0.15) is 17.2 Å². The van der Waals surface area contributed by atoms with Crippen LogP contribution in [0.1, 0.15) is 10.4 Å². The molecule has 0 aliphatic carbocycles. The number of anilines is 1. The fourth-order valence-corrected chi connectivity index (χ4v) is 3.72. The van der Waals surface area contributed by atoms with Crippen molar-refractivity contribution in [2.45, 2.75) is 0 Å². The zero-order valence-corrected chi connectivity index (χ0v) is 19.0. The quantitative estimate of drug-likeness (QED) is 0.414. The summed E-state index contributed by atoms with van der Waals surface area (Å²) < 4.78 is 17.3. The van der Waals surface area contributed by atoms with E-state index in [9.17, 15) is 9.59 Å². The third-order valence-corrected chi connectivity index (χ3v) is 5.42. The van der Waals surface area contributed by atoms with Crippen LogP contribution in [0.15, 0.2) is 65.5 Å². The Morgan fingerprint density at radius 2 is 1.61 bits per heavy atom. The first-order chi connectivity index (χ1) is 15.9. The monoisotopic (exact) mass is 463 g/mol. The summed E-state index contributed by atoms with van der Waals surface area (Å²) in [5, 5.41) is 3.19. The van der Waals surface area contributed by atoms with Crippen LogP contribution in [0, 0.1) is 4.77 Å². The van der Waals surface area contributed by atoms with E-state index in [0.29, 0.717) is 45.1 Å². The number of rotatable bonds is 6. The summed E-state index contributed by atoms with van der Waals surface area (Å²) in [5.41, 5.74) is 1.55. The van der Waals surface area contributed by atoms with Gasteiger partial charge in [-0.2, -0.15) is 0 Å². The molecule has 1 aromatic heterocycles. The third-order valence-electron chi connectivity index (χ3n) is 5.13. The van der Waals surface area contributed by atoms with Crippen molar-refractivity contribution in [2.75, 3.05) is 26.6 Å². The fourth-order valence-electron chi connectivity index (χ4n) is 3.43. The predicted molar refractivity (Wildman–Crippen MR) is 129 cm³/mol. The maximum absolute atomic E-state index is 13.3. The van der Waals surface area contributed by atoms with Gasteiger partial charge in [-0.1, -0.05) is 0 Å². The number of aromatic amines is 1. The molecule has 0 saturated carbocycles. The van der Waals surface area contributed by atoms with Crippen molar-refractivity contribution < 1.29 is 19.0 Å². The van der Waals surface area contributed by atoms with Crippen molar-refractivity contribution >= 4 is 34.7 Å². The molecule has 33 heavy (non-hydrogen) atoms. The summed E-state index contributed by atoms with van der Waals surface area (Å²) in [6.45, 7) is 0. The van der Waals surface area contributed by atoms with Crippen LogP contribution < -0.4 is 25.1 Å². The molecule has 2 N–H and O–H groups in total. The Morgan fingerprint density at radius 3 is 2.27 bits per heavy atom. The molecule has 0 bridgehead atoms. The Bertz CT molecular complexity index is 1460. The first kappa shape index (κ1) is 22.1. The lowest BCUT2D eigenvalue weighted by Crippen LogP contribution is -2.21. The van der Waals surface area contributed by atoms with Crippen molar-refractivity contribution in [2.24, 2.45) is 0 Å². The first-order valence-corrected chi connectivity index (χ1v) is 10.3. The lowest BCUT2D eigenvalue weighted by Gasteiger charge is -2.14. The number of nitrogens with zero attached hydrogens (tertiary/aromatic N) is 1. The molecule has 1 amide bonds. The number of carbonyl (C=O) groups excluding carboxylic acids is 1. The zero-order chi connectivity index (χ0) is 23.5. The zero-order valence-electron chi connectivity index (χ0n) is 18.2. The lowest BCUT2D eigenvalue weighted by molar-refractivity contribution is 0.102. The Labute approximate surface area is 194 Å². The SMILES string of the molecule is COc1ccc(NC(=O)c2ccc3c(=O)n(-c4cc(OC)ccc4OC)c(=S)[nH]c3c2)cc1.